The second-order valence-corrected chi connectivity index (χ2v) is 5.84. The fourth-order valence-electron chi connectivity index (χ4n) is 3.12. The maximum Gasteiger partial charge on any atom is 0.387 e. The van der Waals surface area contributed by atoms with Crippen LogP contribution in [0, 0.1) is 5.92 Å². The zero-order valence-electron chi connectivity index (χ0n) is 12.7. The standard InChI is InChI=1S/C17H25F2NO/c1-2-11-20-16(12-13-5-3-4-6-13)14-7-9-15(10-8-14)21-17(18)19/h7-10,13,16-17,20H,2-6,11-12H2,1H3. The number of alkyl halides is 2. The number of halogens is 2. The second kappa shape index (κ2) is 8.32. The minimum atomic E-state index is -2.76. The van der Waals surface area contributed by atoms with Crippen LogP contribution in [0.5, 0.6) is 5.75 Å². The minimum absolute atomic E-state index is 0.226. The first-order valence-electron chi connectivity index (χ1n) is 7.97. The smallest absolute Gasteiger partial charge is 0.387 e. The molecule has 0 aliphatic heterocycles. The molecule has 0 bridgehead atoms. The summed E-state index contributed by atoms with van der Waals surface area (Å²) in [5.41, 5.74) is 1.16. The Labute approximate surface area is 125 Å². The van der Waals surface area contributed by atoms with E-state index in [0.29, 0.717) is 6.04 Å². The Bertz CT molecular complexity index is 402. The van der Waals surface area contributed by atoms with Crippen LogP contribution < -0.4 is 10.1 Å². The van der Waals surface area contributed by atoms with Crippen molar-refractivity contribution in [1.82, 2.24) is 5.32 Å². The predicted molar refractivity (Wildman–Crippen MR) is 80.7 cm³/mol. The van der Waals surface area contributed by atoms with E-state index in [1.54, 1.807) is 12.1 Å². The number of benzene rings is 1. The molecule has 1 aromatic rings. The lowest BCUT2D eigenvalue weighted by molar-refractivity contribution is -0.0498. The van der Waals surface area contributed by atoms with Crippen molar-refractivity contribution >= 4 is 0 Å². The van der Waals surface area contributed by atoms with Gasteiger partial charge < -0.3 is 10.1 Å². The van der Waals surface area contributed by atoms with Crippen molar-refractivity contribution in [3.8, 4) is 5.75 Å². The van der Waals surface area contributed by atoms with Crippen LogP contribution >= 0.6 is 0 Å². The zero-order valence-corrected chi connectivity index (χ0v) is 12.7. The molecule has 118 valence electrons. The molecule has 2 rings (SSSR count). The first kappa shape index (κ1) is 16.2. The molecule has 0 saturated heterocycles. The maximum absolute atomic E-state index is 12.2. The number of hydrogen-bond acceptors (Lipinski definition) is 2. The molecule has 1 atom stereocenters. The van der Waals surface area contributed by atoms with Crippen molar-refractivity contribution in [3.05, 3.63) is 29.8 Å². The molecule has 1 saturated carbocycles. The molecule has 0 spiro atoms. The van der Waals surface area contributed by atoms with Crippen LogP contribution in [0.2, 0.25) is 0 Å². The molecule has 2 nitrogen and oxygen atoms in total. The van der Waals surface area contributed by atoms with Crippen LogP contribution in [0.4, 0.5) is 8.78 Å². The summed E-state index contributed by atoms with van der Waals surface area (Å²) < 4.78 is 28.8. The monoisotopic (exact) mass is 297 g/mol. The molecule has 1 fully saturated rings. The van der Waals surface area contributed by atoms with Crippen LogP contribution in [0.25, 0.3) is 0 Å². The topological polar surface area (TPSA) is 21.3 Å². The lowest BCUT2D eigenvalue weighted by Crippen LogP contribution is -2.24. The van der Waals surface area contributed by atoms with Gasteiger partial charge in [0.1, 0.15) is 5.75 Å². The van der Waals surface area contributed by atoms with Gasteiger partial charge >= 0.3 is 6.61 Å². The summed E-state index contributed by atoms with van der Waals surface area (Å²) in [5, 5.41) is 3.58. The van der Waals surface area contributed by atoms with Gasteiger partial charge in [0.05, 0.1) is 0 Å². The first-order chi connectivity index (χ1) is 10.2. The summed E-state index contributed by atoms with van der Waals surface area (Å²) in [6.45, 7) is 0.370. The van der Waals surface area contributed by atoms with E-state index in [1.807, 2.05) is 12.1 Å². The van der Waals surface area contributed by atoms with Crippen molar-refractivity contribution in [3.63, 3.8) is 0 Å². The normalized spacial score (nSPS) is 17.3. The Kier molecular flexibility index (Phi) is 6.43. The van der Waals surface area contributed by atoms with Crippen molar-refractivity contribution < 1.29 is 13.5 Å². The van der Waals surface area contributed by atoms with E-state index in [-0.39, 0.29) is 5.75 Å². The summed E-state index contributed by atoms with van der Waals surface area (Å²) in [6, 6.07) is 7.39. The Morgan fingerprint density at radius 1 is 1.19 bits per heavy atom. The first-order valence-corrected chi connectivity index (χ1v) is 7.97. The van der Waals surface area contributed by atoms with Gasteiger partial charge in [-0.25, -0.2) is 0 Å². The Balaban J connectivity index is 2.00. The van der Waals surface area contributed by atoms with Crippen LogP contribution in [-0.2, 0) is 0 Å². The highest BCUT2D eigenvalue weighted by atomic mass is 19.3. The Morgan fingerprint density at radius 2 is 1.86 bits per heavy atom. The molecular weight excluding hydrogens is 272 g/mol. The number of rotatable bonds is 8. The maximum atomic E-state index is 12.2. The molecule has 1 aromatic carbocycles. The number of ether oxygens (including phenoxy) is 1. The number of hydrogen-bond donors (Lipinski definition) is 1. The highest BCUT2D eigenvalue weighted by molar-refractivity contribution is 5.29. The summed E-state index contributed by atoms with van der Waals surface area (Å²) in [4.78, 5) is 0. The lowest BCUT2D eigenvalue weighted by atomic mass is 9.93. The van der Waals surface area contributed by atoms with Crippen molar-refractivity contribution in [2.24, 2.45) is 5.92 Å². The van der Waals surface area contributed by atoms with E-state index in [2.05, 4.69) is 17.0 Å². The zero-order chi connectivity index (χ0) is 15.1. The van der Waals surface area contributed by atoms with Crippen LogP contribution in [0.3, 0.4) is 0 Å². The van der Waals surface area contributed by atoms with Gasteiger partial charge in [0.25, 0.3) is 0 Å². The molecule has 1 unspecified atom stereocenters. The van der Waals surface area contributed by atoms with E-state index >= 15 is 0 Å². The number of nitrogens with one attached hydrogen (secondary N) is 1. The van der Waals surface area contributed by atoms with E-state index < -0.39 is 6.61 Å². The third-order valence-electron chi connectivity index (χ3n) is 4.19. The quantitative estimate of drug-likeness (QED) is 0.736. The van der Waals surface area contributed by atoms with Gasteiger partial charge in [-0.2, -0.15) is 8.78 Å². The van der Waals surface area contributed by atoms with E-state index in [9.17, 15) is 8.78 Å². The Hall–Kier alpha value is -1.16. The summed E-state index contributed by atoms with van der Waals surface area (Å²) >= 11 is 0. The van der Waals surface area contributed by atoms with Crippen molar-refractivity contribution in [1.29, 1.82) is 0 Å². The molecule has 1 aliphatic rings. The third-order valence-corrected chi connectivity index (χ3v) is 4.19. The van der Waals surface area contributed by atoms with Gasteiger partial charge in [0.15, 0.2) is 0 Å². The molecule has 0 heterocycles. The van der Waals surface area contributed by atoms with E-state index in [0.717, 1.165) is 30.9 Å². The average Bonchev–Trinajstić information content (AvgIpc) is 2.97. The van der Waals surface area contributed by atoms with Gasteiger partial charge in [0, 0.05) is 6.04 Å². The second-order valence-electron chi connectivity index (χ2n) is 5.84. The van der Waals surface area contributed by atoms with Gasteiger partial charge in [-0.1, -0.05) is 44.7 Å². The van der Waals surface area contributed by atoms with Crippen LogP contribution in [-0.4, -0.2) is 13.2 Å². The highest BCUT2D eigenvalue weighted by Gasteiger charge is 2.21. The van der Waals surface area contributed by atoms with Crippen molar-refractivity contribution in [2.45, 2.75) is 58.1 Å². The third kappa shape index (κ3) is 5.27. The molecule has 0 aromatic heterocycles. The fraction of sp³-hybridized carbons (Fsp3) is 0.647. The van der Waals surface area contributed by atoms with Gasteiger partial charge in [-0.3, -0.25) is 0 Å². The van der Waals surface area contributed by atoms with Gasteiger partial charge in [0.2, 0.25) is 0 Å². The molecule has 1 N–H and O–H groups in total. The van der Waals surface area contributed by atoms with Crippen molar-refractivity contribution in [2.75, 3.05) is 6.54 Å². The largest absolute Gasteiger partial charge is 0.435 e. The van der Waals surface area contributed by atoms with Gasteiger partial charge in [-0.05, 0) is 43.0 Å². The summed E-state index contributed by atoms with van der Waals surface area (Å²) in [7, 11) is 0. The van der Waals surface area contributed by atoms with E-state index in [4.69, 9.17) is 0 Å². The molecule has 0 amide bonds. The van der Waals surface area contributed by atoms with E-state index in [1.165, 1.54) is 25.7 Å². The SMILES string of the molecule is CCCNC(CC1CCCC1)c1ccc(OC(F)F)cc1. The molecular formula is C17H25F2NO. The fourth-order valence-corrected chi connectivity index (χ4v) is 3.12. The van der Waals surface area contributed by atoms with Crippen LogP contribution in [0.15, 0.2) is 24.3 Å². The lowest BCUT2D eigenvalue weighted by Gasteiger charge is -2.22. The predicted octanol–water partition coefficient (Wildman–Crippen LogP) is 4.91. The average molecular weight is 297 g/mol. The molecule has 1 aliphatic carbocycles. The highest BCUT2D eigenvalue weighted by Crippen LogP contribution is 2.33. The minimum Gasteiger partial charge on any atom is -0.435 e. The molecule has 4 heteroatoms. The van der Waals surface area contributed by atoms with Gasteiger partial charge in [-0.15, -0.1) is 0 Å². The van der Waals surface area contributed by atoms with Crippen LogP contribution in [0.1, 0.15) is 57.1 Å². The summed E-state index contributed by atoms with van der Waals surface area (Å²) in [6.07, 6.45) is 7.54. The summed E-state index contributed by atoms with van der Waals surface area (Å²) in [5.74, 6) is 1.01. The molecule has 0 radical (unpaired) electrons. The Morgan fingerprint density at radius 3 is 2.43 bits per heavy atom. The molecule has 21 heavy (non-hydrogen) atoms.